The van der Waals surface area contributed by atoms with E-state index < -0.39 is 11.5 Å². The second-order valence-electron chi connectivity index (χ2n) is 8.17. The number of amides is 1. The topological polar surface area (TPSA) is 94.5 Å². The summed E-state index contributed by atoms with van der Waals surface area (Å²) in [7, 11) is 0. The van der Waals surface area contributed by atoms with Gasteiger partial charge in [0.15, 0.2) is 0 Å². The fraction of sp³-hybridized carbons (Fsp3) is 0.348. The minimum Gasteiger partial charge on any atom is -0.493 e. The number of hydrogen-bond acceptors (Lipinski definition) is 5. The van der Waals surface area contributed by atoms with Crippen LogP contribution in [0.15, 0.2) is 29.1 Å². The second kappa shape index (κ2) is 8.14. The maximum atomic E-state index is 14.8. The predicted octanol–water partition coefficient (Wildman–Crippen LogP) is 2.60. The summed E-state index contributed by atoms with van der Waals surface area (Å²) in [6, 6.07) is 6.12. The number of nitrogens with one attached hydrogen (secondary N) is 1. The van der Waals surface area contributed by atoms with Gasteiger partial charge in [-0.25, -0.2) is 14.2 Å². The Kier molecular flexibility index (Phi) is 5.50. The van der Waals surface area contributed by atoms with Gasteiger partial charge in [-0.15, -0.1) is 0 Å². The van der Waals surface area contributed by atoms with Crippen molar-refractivity contribution in [2.24, 2.45) is 0 Å². The number of hydrogen-bond donors (Lipinski definition) is 2. The summed E-state index contributed by atoms with van der Waals surface area (Å²) in [6.07, 6.45) is 0. The molecule has 1 aliphatic heterocycles. The molecule has 0 bridgehead atoms. The van der Waals surface area contributed by atoms with E-state index in [9.17, 15) is 19.1 Å². The van der Waals surface area contributed by atoms with E-state index in [0.717, 1.165) is 33.3 Å². The van der Waals surface area contributed by atoms with Crippen LogP contribution in [0.1, 0.15) is 32.9 Å². The molecule has 1 aliphatic rings. The van der Waals surface area contributed by atoms with Crippen LogP contribution >= 0.6 is 0 Å². The van der Waals surface area contributed by atoms with Crippen LogP contribution in [-0.2, 0) is 0 Å². The van der Waals surface area contributed by atoms with E-state index in [-0.39, 0.29) is 28.7 Å². The Morgan fingerprint density at radius 3 is 2.34 bits per heavy atom. The van der Waals surface area contributed by atoms with Gasteiger partial charge in [-0.3, -0.25) is 14.3 Å². The van der Waals surface area contributed by atoms with Gasteiger partial charge in [0, 0.05) is 31.9 Å². The number of imidazole rings is 1. The van der Waals surface area contributed by atoms with Gasteiger partial charge in [-0.05, 0) is 57.0 Å². The first-order valence-corrected chi connectivity index (χ1v) is 10.5. The standard InChI is InChI=1S/C23H26FN5O3/c1-13-11-14(2)20(25-15(13)3)27-7-9-28(10-8-27)22(31)18-6-5-17(12-19(18)24)29-16(4)21(30)26-23(29)32/h5-6,11-12,30H,7-10H2,1-4H3,(H,26,32). The monoisotopic (exact) mass is 439 g/mol. The van der Waals surface area contributed by atoms with Crippen LogP contribution in [0.4, 0.5) is 10.2 Å². The van der Waals surface area contributed by atoms with Crippen molar-refractivity contribution in [2.45, 2.75) is 27.7 Å². The molecule has 0 aliphatic carbocycles. The van der Waals surface area contributed by atoms with Crippen molar-refractivity contribution < 1.29 is 14.3 Å². The number of H-pyrrole nitrogens is 1. The number of nitrogens with zero attached hydrogens (tertiary/aromatic N) is 4. The minimum absolute atomic E-state index is 0.0480. The third-order valence-corrected chi connectivity index (χ3v) is 6.04. The summed E-state index contributed by atoms with van der Waals surface area (Å²) >= 11 is 0. The highest BCUT2D eigenvalue weighted by molar-refractivity contribution is 5.95. The number of piperazine rings is 1. The third-order valence-electron chi connectivity index (χ3n) is 6.04. The third kappa shape index (κ3) is 3.74. The number of anilines is 1. The first kappa shape index (κ1) is 21.6. The number of aromatic nitrogens is 3. The Labute approximate surface area is 184 Å². The van der Waals surface area contributed by atoms with Gasteiger partial charge in [0.25, 0.3) is 5.91 Å². The van der Waals surface area contributed by atoms with Crippen LogP contribution in [0.3, 0.4) is 0 Å². The summed E-state index contributed by atoms with van der Waals surface area (Å²) in [6.45, 7) is 9.71. The second-order valence-corrected chi connectivity index (χ2v) is 8.17. The van der Waals surface area contributed by atoms with Crippen molar-refractivity contribution >= 4 is 11.7 Å². The molecule has 3 heterocycles. The van der Waals surface area contributed by atoms with E-state index in [1.54, 1.807) is 4.90 Å². The largest absolute Gasteiger partial charge is 0.493 e. The molecule has 32 heavy (non-hydrogen) atoms. The zero-order valence-corrected chi connectivity index (χ0v) is 18.6. The first-order valence-electron chi connectivity index (χ1n) is 10.5. The fourth-order valence-electron chi connectivity index (χ4n) is 4.07. The van der Waals surface area contributed by atoms with Gasteiger partial charge in [0.1, 0.15) is 11.6 Å². The van der Waals surface area contributed by atoms with E-state index in [0.29, 0.717) is 26.2 Å². The Morgan fingerprint density at radius 1 is 1.06 bits per heavy atom. The molecular weight excluding hydrogens is 413 g/mol. The fourth-order valence-corrected chi connectivity index (χ4v) is 4.07. The molecule has 1 aromatic carbocycles. The van der Waals surface area contributed by atoms with Gasteiger partial charge >= 0.3 is 5.69 Å². The molecule has 1 saturated heterocycles. The van der Waals surface area contributed by atoms with Crippen molar-refractivity contribution in [3.8, 4) is 11.6 Å². The van der Waals surface area contributed by atoms with Crippen molar-refractivity contribution in [3.63, 3.8) is 0 Å². The summed E-state index contributed by atoms with van der Waals surface area (Å²) in [5, 5.41) is 9.67. The SMILES string of the molecule is Cc1cc(C)c(N2CCN(C(=O)c3ccc(-n4c(C)c(O)[nH]c4=O)cc3F)CC2)nc1C. The Bertz CT molecular complexity index is 1260. The predicted molar refractivity (Wildman–Crippen MR) is 119 cm³/mol. The molecule has 1 fully saturated rings. The van der Waals surface area contributed by atoms with E-state index in [1.807, 2.05) is 20.8 Å². The van der Waals surface area contributed by atoms with Crippen LogP contribution in [-0.4, -0.2) is 56.6 Å². The maximum Gasteiger partial charge on any atom is 0.333 e. The number of benzene rings is 1. The molecule has 0 atom stereocenters. The van der Waals surface area contributed by atoms with Crippen molar-refractivity contribution in [3.05, 3.63) is 68.6 Å². The van der Waals surface area contributed by atoms with Gasteiger partial charge in [0.2, 0.25) is 5.88 Å². The highest BCUT2D eigenvalue weighted by Gasteiger charge is 2.26. The summed E-state index contributed by atoms with van der Waals surface area (Å²) < 4.78 is 16.0. The summed E-state index contributed by atoms with van der Waals surface area (Å²) in [5.74, 6) is -0.457. The highest BCUT2D eigenvalue weighted by atomic mass is 19.1. The molecule has 8 nitrogen and oxygen atoms in total. The number of aryl methyl sites for hydroxylation is 3. The van der Waals surface area contributed by atoms with E-state index in [2.05, 4.69) is 16.0 Å². The van der Waals surface area contributed by atoms with Gasteiger partial charge in [-0.2, -0.15) is 0 Å². The lowest BCUT2D eigenvalue weighted by Gasteiger charge is -2.36. The molecule has 4 rings (SSSR count). The van der Waals surface area contributed by atoms with Crippen LogP contribution in [0.25, 0.3) is 5.69 Å². The van der Waals surface area contributed by atoms with Crippen LogP contribution < -0.4 is 10.6 Å². The Morgan fingerprint density at radius 2 is 1.75 bits per heavy atom. The smallest absolute Gasteiger partial charge is 0.333 e. The average Bonchev–Trinajstić information content (AvgIpc) is 3.01. The molecule has 0 spiro atoms. The average molecular weight is 439 g/mol. The molecule has 0 saturated carbocycles. The van der Waals surface area contributed by atoms with Gasteiger partial charge in [0.05, 0.1) is 16.9 Å². The number of aromatic amines is 1. The first-order chi connectivity index (χ1) is 15.2. The Hall–Kier alpha value is -3.62. The molecule has 2 N–H and O–H groups in total. The number of rotatable bonds is 3. The van der Waals surface area contributed by atoms with Crippen LogP contribution in [0.5, 0.6) is 5.88 Å². The van der Waals surface area contributed by atoms with E-state index >= 15 is 0 Å². The molecule has 2 aromatic heterocycles. The van der Waals surface area contributed by atoms with E-state index in [4.69, 9.17) is 4.98 Å². The lowest BCUT2D eigenvalue weighted by atomic mass is 10.1. The quantitative estimate of drug-likeness (QED) is 0.654. The molecule has 9 heteroatoms. The molecule has 3 aromatic rings. The normalized spacial score (nSPS) is 14.2. The van der Waals surface area contributed by atoms with Crippen LogP contribution in [0.2, 0.25) is 0 Å². The zero-order valence-electron chi connectivity index (χ0n) is 18.6. The lowest BCUT2D eigenvalue weighted by Crippen LogP contribution is -2.49. The minimum atomic E-state index is -0.714. The number of pyridine rings is 1. The van der Waals surface area contributed by atoms with Crippen molar-refractivity contribution in [1.82, 2.24) is 19.4 Å². The number of carbonyl (C=O) groups is 1. The number of halogens is 1. The molecule has 0 radical (unpaired) electrons. The Balaban J connectivity index is 1.50. The number of carbonyl (C=O) groups excluding carboxylic acids is 1. The van der Waals surface area contributed by atoms with E-state index in [1.165, 1.54) is 19.1 Å². The van der Waals surface area contributed by atoms with Crippen molar-refractivity contribution in [2.75, 3.05) is 31.1 Å². The van der Waals surface area contributed by atoms with Gasteiger partial charge in [-0.1, -0.05) is 6.07 Å². The van der Waals surface area contributed by atoms with Crippen molar-refractivity contribution in [1.29, 1.82) is 0 Å². The maximum absolute atomic E-state index is 14.8. The summed E-state index contributed by atoms with van der Waals surface area (Å²) in [5.41, 5.74) is 3.09. The molecular formula is C23H26FN5O3. The zero-order chi connectivity index (χ0) is 23.2. The molecule has 0 unspecified atom stereocenters. The molecule has 168 valence electrons. The lowest BCUT2D eigenvalue weighted by molar-refractivity contribution is 0.0742. The highest BCUT2D eigenvalue weighted by Crippen LogP contribution is 2.23. The molecule has 1 amide bonds. The number of aromatic hydroxyl groups is 1. The van der Waals surface area contributed by atoms with Crippen LogP contribution in [0, 0.1) is 33.5 Å². The summed E-state index contributed by atoms with van der Waals surface area (Å²) in [4.78, 5) is 35.7. The van der Waals surface area contributed by atoms with Gasteiger partial charge < -0.3 is 14.9 Å².